The Kier molecular flexibility index (Phi) is 5.39. The van der Waals surface area contributed by atoms with E-state index in [2.05, 4.69) is 0 Å². The minimum absolute atomic E-state index is 0.0842. The van der Waals surface area contributed by atoms with E-state index in [0.29, 0.717) is 6.67 Å². The summed E-state index contributed by atoms with van der Waals surface area (Å²) in [7, 11) is 1.90. The molecule has 8 nitrogen and oxygen atoms in total. The van der Waals surface area contributed by atoms with Crippen LogP contribution in [0.15, 0.2) is 12.4 Å². The Morgan fingerprint density at radius 1 is 1.12 bits per heavy atom. The highest BCUT2D eigenvalue weighted by Crippen LogP contribution is 2.01. The van der Waals surface area contributed by atoms with Crippen LogP contribution in [-0.2, 0) is 14.4 Å². The van der Waals surface area contributed by atoms with Gasteiger partial charge in [0.25, 0.3) is 0 Å². The summed E-state index contributed by atoms with van der Waals surface area (Å²) < 4.78 is 0. The third-order valence-corrected chi connectivity index (χ3v) is 1.46. The molecule has 3 N–H and O–H groups in total. The number of hydrogen-bond acceptors (Lipinski definition) is 5. The van der Waals surface area contributed by atoms with E-state index >= 15 is 0 Å². The fraction of sp³-hybridized carbons (Fsp3) is 0.375. The number of hydrogen-bond donors (Lipinski definition) is 3. The first kappa shape index (κ1) is 13.8. The van der Waals surface area contributed by atoms with Crippen LogP contribution >= 0.6 is 0 Å². The molecule has 90 valence electrons. The SMILES string of the molecule is CN1C=CN(CC(=O)O)C1.O=C(O)C(=O)O. The molecule has 0 aliphatic carbocycles. The summed E-state index contributed by atoms with van der Waals surface area (Å²) in [6, 6.07) is 0. The smallest absolute Gasteiger partial charge is 0.414 e. The second kappa shape index (κ2) is 6.27. The lowest BCUT2D eigenvalue weighted by atomic mass is 10.6. The Bertz CT molecular complexity index is 302. The lowest BCUT2D eigenvalue weighted by molar-refractivity contribution is -0.159. The summed E-state index contributed by atoms with van der Waals surface area (Å²) in [5.74, 6) is -4.44. The second-order valence-electron chi connectivity index (χ2n) is 2.95. The van der Waals surface area contributed by atoms with Crippen molar-refractivity contribution in [2.24, 2.45) is 0 Å². The summed E-state index contributed by atoms with van der Waals surface area (Å²) in [5.41, 5.74) is 0. The zero-order chi connectivity index (χ0) is 12.7. The first-order chi connectivity index (χ1) is 7.32. The first-order valence-electron chi connectivity index (χ1n) is 4.13. The minimum Gasteiger partial charge on any atom is -0.480 e. The van der Waals surface area contributed by atoms with Crippen LogP contribution in [0.3, 0.4) is 0 Å². The van der Waals surface area contributed by atoms with Gasteiger partial charge in [-0.25, -0.2) is 9.59 Å². The normalized spacial score (nSPS) is 13.1. The van der Waals surface area contributed by atoms with Gasteiger partial charge in [0.15, 0.2) is 0 Å². The van der Waals surface area contributed by atoms with Gasteiger partial charge in [-0.1, -0.05) is 0 Å². The molecule has 0 aromatic heterocycles. The Morgan fingerprint density at radius 2 is 1.62 bits per heavy atom. The summed E-state index contributed by atoms with van der Waals surface area (Å²) in [5, 5.41) is 23.1. The van der Waals surface area contributed by atoms with Crippen LogP contribution in [0, 0.1) is 0 Å². The highest BCUT2D eigenvalue weighted by atomic mass is 16.4. The topological polar surface area (TPSA) is 118 Å². The molecular formula is C8H12N2O6. The highest BCUT2D eigenvalue weighted by molar-refractivity contribution is 6.27. The van der Waals surface area contributed by atoms with Gasteiger partial charge in [0.2, 0.25) is 0 Å². The molecule has 16 heavy (non-hydrogen) atoms. The monoisotopic (exact) mass is 232 g/mol. The average Bonchev–Trinajstić information content (AvgIpc) is 2.50. The molecule has 0 radical (unpaired) electrons. The van der Waals surface area contributed by atoms with Gasteiger partial charge in [-0.2, -0.15) is 0 Å². The molecule has 0 unspecified atom stereocenters. The van der Waals surface area contributed by atoms with Crippen molar-refractivity contribution in [2.45, 2.75) is 0 Å². The van der Waals surface area contributed by atoms with Crippen molar-refractivity contribution >= 4 is 17.9 Å². The van der Waals surface area contributed by atoms with Crippen molar-refractivity contribution in [3.8, 4) is 0 Å². The van der Waals surface area contributed by atoms with Crippen LogP contribution in [0.25, 0.3) is 0 Å². The van der Waals surface area contributed by atoms with E-state index < -0.39 is 17.9 Å². The average molecular weight is 232 g/mol. The van der Waals surface area contributed by atoms with Gasteiger partial charge in [-0.15, -0.1) is 0 Å². The van der Waals surface area contributed by atoms with Crippen molar-refractivity contribution in [1.29, 1.82) is 0 Å². The second-order valence-corrected chi connectivity index (χ2v) is 2.95. The Morgan fingerprint density at radius 3 is 1.88 bits per heavy atom. The van der Waals surface area contributed by atoms with Gasteiger partial charge in [-0.3, -0.25) is 4.79 Å². The zero-order valence-electron chi connectivity index (χ0n) is 8.53. The van der Waals surface area contributed by atoms with Crippen molar-refractivity contribution in [1.82, 2.24) is 9.80 Å². The van der Waals surface area contributed by atoms with E-state index in [4.69, 9.17) is 24.9 Å². The van der Waals surface area contributed by atoms with Crippen LogP contribution in [0.1, 0.15) is 0 Å². The van der Waals surface area contributed by atoms with Gasteiger partial charge in [0.1, 0.15) is 6.54 Å². The molecule has 0 aromatic rings. The fourth-order valence-electron chi connectivity index (χ4n) is 0.865. The van der Waals surface area contributed by atoms with Crippen LogP contribution in [0.5, 0.6) is 0 Å². The standard InChI is InChI=1S/C6H10N2O2.C2H2O4/c1-7-2-3-8(5-7)4-6(9)10;3-1(4)2(5)6/h2-3H,4-5H2,1H3,(H,9,10);(H,3,4)(H,5,6). The Hall–Kier alpha value is -2.25. The predicted molar refractivity (Wildman–Crippen MR) is 51.4 cm³/mol. The lowest BCUT2D eigenvalue weighted by Crippen LogP contribution is -2.27. The highest BCUT2D eigenvalue weighted by Gasteiger charge is 2.10. The maximum Gasteiger partial charge on any atom is 0.414 e. The van der Waals surface area contributed by atoms with Crippen molar-refractivity contribution in [2.75, 3.05) is 20.3 Å². The van der Waals surface area contributed by atoms with Crippen LogP contribution in [0.4, 0.5) is 0 Å². The molecule has 1 heterocycles. The van der Waals surface area contributed by atoms with Gasteiger partial charge < -0.3 is 25.1 Å². The van der Waals surface area contributed by atoms with Crippen molar-refractivity contribution in [3.05, 3.63) is 12.4 Å². The van der Waals surface area contributed by atoms with Gasteiger partial charge >= 0.3 is 17.9 Å². The molecule has 0 amide bonds. The molecule has 0 spiro atoms. The molecule has 0 bridgehead atoms. The van der Waals surface area contributed by atoms with E-state index in [0.717, 1.165) is 0 Å². The maximum atomic E-state index is 10.2. The van der Waals surface area contributed by atoms with Crippen molar-refractivity contribution in [3.63, 3.8) is 0 Å². The van der Waals surface area contributed by atoms with E-state index in [-0.39, 0.29) is 6.54 Å². The molecular weight excluding hydrogens is 220 g/mol. The van der Waals surface area contributed by atoms with Gasteiger partial charge in [-0.05, 0) is 0 Å². The van der Waals surface area contributed by atoms with Crippen LogP contribution < -0.4 is 0 Å². The molecule has 1 aliphatic rings. The summed E-state index contributed by atoms with van der Waals surface area (Å²) in [4.78, 5) is 32.0. The van der Waals surface area contributed by atoms with Gasteiger partial charge in [0, 0.05) is 19.4 Å². The van der Waals surface area contributed by atoms with E-state index in [1.807, 2.05) is 18.1 Å². The van der Waals surface area contributed by atoms with E-state index in [1.165, 1.54) is 0 Å². The Balaban J connectivity index is 0.000000325. The minimum atomic E-state index is -1.82. The summed E-state index contributed by atoms with van der Waals surface area (Å²) in [6.07, 6.45) is 3.62. The van der Waals surface area contributed by atoms with E-state index in [9.17, 15) is 4.79 Å². The number of nitrogens with zero attached hydrogens (tertiary/aromatic N) is 2. The fourth-order valence-corrected chi connectivity index (χ4v) is 0.865. The number of carboxylic acids is 3. The lowest BCUT2D eigenvalue weighted by Gasteiger charge is -2.14. The molecule has 1 rings (SSSR count). The van der Waals surface area contributed by atoms with Crippen LogP contribution in [-0.4, -0.2) is 63.3 Å². The molecule has 0 saturated heterocycles. The van der Waals surface area contributed by atoms with Crippen LogP contribution in [0.2, 0.25) is 0 Å². The summed E-state index contributed by atoms with van der Waals surface area (Å²) in [6.45, 7) is 0.757. The third-order valence-electron chi connectivity index (χ3n) is 1.46. The first-order valence-corrected chi connectivity index (χ1v) is 4.13. The zero-order valence-corrected chi connectivity index (χ0v) is 8.53. The number of carbonyl (C=O) groups is 3. The molecule has 0 atom stereocenters. The third kappa shape index (κ3) is 6.24. The largest absolute Gasteiger partial charge is 0.480 e. The number of rotatable bonds is 2. The van der Waals surface area contributed by atoms with Gasteiger partial charge in [0.05, 0.1) is 6.67 Å². The van der Waals surface area contributed by atoms with Crippen molar-refractivity contribution < 1.29 is 29.7 Å². The number of aliphatic carboxylic acids is 3. The molecule has 1 aliphatic heterocycles. The molecule has 0 saturated carbocycles. The quantitative estimate of drug-likeness (QED) is 0.513. The Labute approximate surface area is 91.0 Å². The maximum absolute atomic E-state index is 10.2. The molecule has 0 aromatic carbocycles. The molecule has 0 fully saturated rings. The van der Waals surface area contributed by atoms with E-state index in [1.54, 1.807) is 11.1 Å². The number of carboxylic acid groups (broad SMARTS) is 3. The predicted octanol–water partition coefficient (Wildman–Crippen LogP) is -1.10. The summed E-state index contributed by atoms with van der Waals surface area (Å²) >= 11 is 0. The molecule has 8 heteroatoms.